The van der Waals surface area contributed by atoms with Gasteiger partial charge in [-0.1, -0.05) is 72.8 Å². The fourth-order valence-corrected chi connectivity index (χ4v) is 5.52. The zero-order chi connectivity index (χ0) is 33.1. The van der Waals surface area contributed by atoms with Crippen molar-refractivity contribution in [1.29, 1.82) is 0 Å². The van der Waals surface area contributed by atoms with Crippen LogP contribution in [0.15, 0.2) is 103 Å². The van der Waals surface area contributed by atoms with Crippen LogP contribution in [0.25, 0.3) is 0 Å². The maximum atomic E-state index is 13.8. The summed E-state index contributed by atoms with van der Waals surface area (Å²) in [7, 11) is -0.626. The third-order valence-corrected chi connectivity index (χ3v) is 8.95. The van der Waals surface area contributed by atoms with Gasteiger partial charge in [-0.3, -0.25) is 13.9 Å². The van der Waals surface area contributed by atoms with Crippen LogP contribution in [0.3, 0.4) is 0 Å². The summed E-state index contributed by atoms with van der Waals surface area (Å²) in [6.45, 7) is 3.14. The van der Waals surface area contributed by atoms with E-state index in [9.17, 15) is 18.0 Å². The molecule has 242 valence electrons. The van der Waals surface area contributed by atoms with E-state index in [0.717, 1.165) is 33.0 Å². The van der Waals surface area contributed by atoms with Gasteiger partial charge >= 0.3 is 0 Å². The molecule has 4 aromatic rings. The molecule has 4 aromatic carbocycles. The molecule has 46 heavy (non-hydrogen) atoms. The lowest BCUT2D eigenvalue weighted by molar-refractivity contribution is 0.0934. The molecule has 3 N–H and O–H groups in total. The molecule has 0 aromatic heterocycles. The first-order chi connectivity index (χ1) is 22.0. The number of hydrogen-bond acceptors (Lipinski definition) is 6. The lowest BCUT2D eigenvalue weighted by atomic mass is 10.0. The second-order valence-corrected chi connectivity index (χ2v) is 13.3. The number of benzene rings is 4. The maximum absolute atomic E-state index is 13.8. The predicted molar refractivity (Wildman–Crippen MR) is 183 cm³/mol. The Morgan fingerprint density at radius 1 is 0.804 bits per heavy atom. The Kier molecular flexibility index (Phi) is 11.9. The van der Waals surface area contributed by atoms with Gasteiger partial charge in [0.15, 0.2) is 0 Å². The van der Waals surface area contributed by atoms with Crippen LogP contribution < -0.4 is 25.0 Å². The maximum Gasteiger partial charge on any atom is 0.251 e. The Balaban J connectivity index is 1.54. The largest absolute Gasteiger partial charge is 0.497 e. The van der Waals surface area contributed by atoms with Gasteiger partial charge in [-0.2, -0.15) is 0 Å². The van der Waals surface area contributed by atoms with E-state index in [2.05, 4.69) is 16.0 Å². The van der Waals surface area contributed by atoms with Gasteiger partial charge in [0.1, 0.15) is 5.75 Å². The van der Waals surface area contributed by atoms with Crippen LogP contribution in [-0.4, -0.2) is 53.2 Å². The molecule has 0 heterocycles. The topological polar surface area (TPSA) is 117 Å². The summed E-state index contributed by atoms with van der Waals surface area (Å²) >= 11 is 0. The monoisotopic (exact) mass is 642 g/mol. The minimum Gasteiger partial charge on any atom is -0.497 e. The van der Waals surface area contributed by atoms with E-state index in [1.54, 1.807) is 7.11 Å². The summed E-state index contributed by atoms with van der Waals surface area (Å²) in [5, 5.41) is 9.54. The quantitative estimate of drug-likeness (QED) is 0.155. The molecule has 0 aliphatic heterocycles. The van der Waals surface area contributed by atoms with E-state index in [1.165, 1.54) is 25.2 Å². The SMILES string of the molecule is COc1cccc(CNCC[C@H](Cc2ccccc2)NC(=O)c2cc(C(=O)N[C@H](C)c3ccccc3)cc(N(C)S(C)(=O)=O)c2)c1. The van der Waals surface area contributed by atoms with Crippen LogP contribution in [0.4, 0.5) is 5.69 Å². The summed E-state index contributed by atoms with van der Waals surface area (Å²) < 4.78 is 31.2. The van der Waals surface area contributed by atoms with Crippen molar-refractivity contribution in [3.63, 3.8) is 0 Å². The number of nitrogens with one attached hydrogen (secondary N) is 3. The number of rotatable bonds is 15. The van der Waals surface area contributed by atoms with E-state index in [0.29, 0.717) is 25.9 Å². The van der Waals surface area contributed by atoms with Crippen molar-refractivity contribution in [2.45, 2.75) is 38.4 Å². The molecule has 0 saturated carbocycles. The molecule has 0 aliphatic rings. The minimum atomic E-state index is -3.66. The van der Waals surface area contributed by atoms with Crippen molar-refractivity contribution < 1.29 is 22.7 Å². The molecule has 0 bridgehead atoms. The van der Waals surface area contributed by atoms with Crippen molar-refractivity contribution in [3.05, 3.63) is 131 Å². The Bertz CT molecular complexity index is 1720. The highest BCUT2D eigenvalue weighted by atomic mass is 32.2. The third-order valence-electron chi connectivity index (χ3n) is 7.74. The van der Waals surface area contributed by atoms with Crippen molar-refractivity contribution in [2.24, 2.45) is 0 Å². The van der Waals surface area contributed by atoms with Gasteiger partial charge in [-0.25, -0.2) is 8.42 Å². The van der Waals surface area contributed by atoms with Crippen LogP contribution in [0.5, 0.6) is 5.75 Å². The normalized spacial score (nSPS) is 12.5. The summed E-state index contributed by atoms with van der Waals surface area (Å²) in [5.74, 6) is -0.0285. The van der Waals surface area contributed by atoms with Crippen molar-refractivity contribution >= 4 is 27.5 Å². The van der Waals surface area contributed by atoms with Crippen LogP contribution >= 0.6 is 0 Å². The molecular formula is C36H42N4O5S. The van der Waals surface area contributed by atoms with Gasteiger partial charge in [0.2, 0.25) is 10.0 Å². The van der Waals surface area contributed by atoms with Crippen LogP contribution in [-0.2, 0) is 23.0 Å². The highest BCUT2D eigenvalue weighted by Crippen LogP contribution is 2.22. The third kappa shape index (κ3) is 9.92. The number of anilines is 1. The number of amides is 2. The number of carbonyl (C=O) groups excluding carboxylic acids is 2. The number of sulfonamides is 1. The van der Waals surface area contributed by atoms with Gasteiger partial charge in [0.05, 0.1) is 25.1 Å². The molecule has 0 unspecified atom stereocenters. The predicted octanol–water partition coefficient (Wildman–Crippen LogP) is 5.10. The number of ether oxygens (including phenoxy) is 1. The molecule has 0 saturated heterocycles. The molecule has 0 radical (unpaired) electrons. The van der Waals surface area contributed by atoms with E-state index >= 15 is 0 Å². The molecule has 2 atom stereocenters. The highest BCUT2D eigenvalue weighted by molar-refractivity contribution is 7.92. The van der Waals surface area contributed by atoms with Gasteiger partial charge in [0, 0.05) is 30.8 Å². The molecule has 0 spiro atoms. The molecule has 9 nitrogen and oxygen atoms in total. The minimum absolute atomic E-state index is 0.181. The number of carbonyl (C=O) groups is 2. The zero-order valence-corrected chi connectivity index (χ0v) is 27.5. The second kappa shape index (κ2) is 16.1. The molecule has 2 amide bonds. The van der Waals surface area contributed by atoms with E-state index in [-0.39, 0.29) is 28.9 Å². The van der Waals surface area contributed by atoms with Crippen LogP contribution in [0.2, 0.25) is 0 Å². The molecular weight excluding hydrogens is 600 g/mol. The summed E-state index contributed by atoms with van der Waals surface area (Å²) in [6.07, 6.45) is 2.30. The van der Waals surface area contributed by atoms with Crippen molar-refractivity contribution in [2.75, 3.05) is 31.3 Å². The first-order valence-electron chi connectivity index (χ1n) is 15.2. The molecule has 0 aliphatic carbocycles. The van der Waals surface area contributed by atoms with Crippen LogP contribution in [0.1, 0.15) is 56.8 Å². The summed E-state index contributed by atoms with van der Waals surface area (Å²) in [5.41, 5.74) is 3.66. The second-order valence-electron chi connectivity index (χ2n) is 11.3. The molecule has 4 rings (SSSR count). The average molecular weight is 643 g/mol. The fourth-order valence-electron chi connectivity index (χ4n) is 5.04. The van der Waals surface area contributed by atoms with Crippen molar-refractivity contribution in [1.82, 2.24) is 16.0 Å². The molecule has 0 fully saturated rings. The van der Waals surface area contributed by atoms with Gasteiger partial charge in [-0.05, 0) is 73.3 Å². The lowest BCUT2D eigenvalue weighted by Crippen LogP contribution is -2.39. The number of nitrogens with zero attached hydrogens (tertiary/aromatic N) is 1. The Labute approximate surface area is 272 Å². The first kappa shape index (κ1) is 34.2. The van der Waals surface area contributed by atoms with Gasteiger partial charge < -0.3 is 20.7 Å². The lowest BCUT2D eigenvalue weighted by Gasteiger charge is -2.22. The highest BCUT2D eigenvalue weighted by Gasteiger charge is 2.21. The number of hydrogen-bond donors (Lipinski definition) is 3. The number of methoxy groups -OCH3 is 1. The van der Waals surface area contributed by atoms with E-state index in [4.69, 9.17) is 4.74 Å². The first-order valence-corrected chi connectivity index (χ1v) is 17.0. The molecule has 10 heteroatoms. The zero-order valence-electron chi connectivity index (χ0n) is 26.7. The fraction of sp³-hybridized carbons (Fsp3) is 0.278. The summed E-state index contributed by atoms with van der Waals surface area (Å²) in [6, 6.07) is 31.2. The van der Waals surface area contributed by atoms with E-state index < -0.39 is 21.8 Å². The smallest absolute Gasteiger partial charge is 0.251 e. The standard InChI is InChI=1S/C36H42N4O5S/c1-26(29-15-9-6-10-16-29)38-35(41)30-22-31(24-33(23-30)40(2)46(4,43)44)36(42)39-32(20-27-12-7-5-8-13-27)18-19-37-25-28-14-11-17-34(21-28)45-3/h5-17,21-24,26,32,37H,18-20,25H2,1-4H3,(H,38,41)(H,39,42)/t26-,32-/m1/s1. The Morgan fingerprint density at radius 2 is 1.41 bits per heavy atom. The average Bonchev–Trinajstić information content (AvgIpc) is 3.06. The van der Waals surface area contributed by atoms with E-state index in [1.807, 2.05) is 91.9 Å². The Hall–Kier alpha value is -4.67. The Morgan fingerprint density at radius 3 is 2.04 bits per heavy atom. The van der Waals surface area contributed by atoms with Gasteiger partial charge in [-0.15, -0.1) is 0 Å². The summed E-state index contributed by atoms with van der Waals surface area (Å²) in [4.78, 5) is 27.2. The van der Waals surface area contributed by atoms with Crippen LogP contribution in [0, 0.1) is 0 Å². The van der Waals surface area contributed by atoms with Crippen molar-refractivity contribution in [3.8, 4) is 5.75 Å². The van der Waals surface area contributed by atoms with Gasteiger partial charge in [0.25, 0.3) is 11.8 Å².